The minimum Gasteiger partial charge on any atom is -0.480 e. The summed E-state index contributed by atoms with van der Waals surface area (Å²) in [5, 5.41) is 17.4. The number of likely N-dealkylation sites (N-methyl/N-ethyl adjacent to an activating group) is 1. The van der Waals surface area contributed by atoms with Gasteiger partial charge in [0, 0.05) is 61.7 Å². The fourth-order valence-corrected chi connectivity index (χ4v) is 5.20. The lowest BCUT2D eigenvalue weighted by Gasteiger charge is -2.34. The molecular formula is C34H46BrN5O8. The summed E-state index contributed by atoms with van der Waals surface area (Å²) < 4.78 is 0.901. The maximum atomic E-state index is 13.5. The average molecular weight is 733 g/mol. The van der Waals surface area contributed by atoms with Gasteiger partial charge in [0.1, 0.15) is 12.1 Å². The zero-order chi connectivity index (χ0) is 36.4. The van der Waals surface area contributed by atoms with Crippen LogP contribution in [0.3, 0.4) is 0 Å². The molecule has 2 atom stereocenters. The van der Waals surface area contributed by atoms with Crippen molar-refractivity contribution in [2.45, 2.75) is 78.3 Å². The molecule has 1 heterocycles. The second kappa shape index (κ2) is 17.2. The van der Waals surface area contributed by atoms with E-state index in [4.69, 9.17) is 0 Å². The Hall–Kier alpha value is -4.33. The first kappa shape index (κ1) is 39.8. The molecular weight excluding hydrogens is 686 g/mol. The van der Waals surface area contributed by atoms with Crippen LogP contribution in [0.25, 0.3) is 0 Å². The van der Waals surface area contributed by atoms with Crippen LogP contribution in [-0.4, -0.2) is 95.1 Å². The molecule has 1 aliphatic rings. The number of amides is 6. The number of nitrogens with one attached hydrogen (secondary N) is 3. The van der Waals surface area contributed by atoms with E-state index in [1.54, 1.807) is 7.05 Å². The molecule has 0 bridgehead atoms. The molecule has 0 spiro atoms. The number of carboxylic acid groups (broad SMARTS) is 1. The number of rotatable bonds is 16. The summed E-state index contributed by atoms with van der Waals surface area (Å²) in [6.45, 7) is 10.9. The van der Waals surface area contributed by atoms with Crippen molar-refractivity contribution in [3.05, 3.63) is 58.1 Å². The summed E-state index contributed by atoms with van der Waals surface area (Å²) in [4.78, 5) is 89.0. The summed E-state index contributed by atoms with van der Waals surface area (Å²) in [7, 11) is 1.55. The van der Waals surface area contributed by atoms with Gasteiger partial charge in [-0.1, -0.05) is 68.8 Å². The van der Waals surface area contributed by atoms with Crippen LogP contribution in [0.2, 0.25) is 0 Å². The molecule has 0 radical (unpaired) electrons. The van der Waals surface area contributed by atoms with E-state index in [9.17, 15) is 38.7 Å². The van der Waals surface area contributed by atoms with Gasteiger partial charge in [0.15, 0.2) is 0 Å². The van der Waals surface area contributed by atoms with Gasteiger partial charge in [-0.05, 0) is 41.9 Å². The maximum Gasteiger partial charge on any atom is 0.326 e. The highest BCUT2D eigenvalue weighted by atomic mass is 79.9. The van der Waals surface area contributed by atoms with E-state index < -0.39 is 52.5 Å². The van der Waals surface area contributed by atoms with Gasteiger partial charge in [0.25, 0.3) is 11.8 Å². The topological polar surface area (TPSA) is 182 Å². The maximum absolute atomic E-state index is 13.5. The Morgan fingerprint density at radius 3 is 2.19 bits per heavy atom. The van der Waals surface area contributed by atoms with Crippen LogP contribution < -0.4 is 16.0 Å². The van der Waals surface area contributed by atoms with E-state index >= 15 is 0 Å². The Morgan fingerprint density at radius 1 is 1.00 bits per heavy atom. The van der Waals surface area contributed by atoms with Crippen molar-refractivity contribution in [3.8, 4) is 0 Å². The van der Waals surface area contributed by atoms with Crippen molar-refractivity contribution in [3.63, 3.8) is 0 Å². The van der Waals surface area contributed by atoms with E-state index in [-0.39, 0.29) is 56.3 Å². The second-order valence-corrected chi connectivity index (χ2v) is 14.4. The van der Waals surface area contributed by atoms with E-state index in [1.807, 2.05) is 58.9 Å². The molecule has 13 nitrogen and oxygen atoms in total. The summed E-state index contributed by atoms with van der Waals surface area (Å²) in [5.41, 5.74) is 0.00699. The van der Waals surface area contributed by atoms with Crippen molar-refractivity contribution in [2.75, 3.05) is 26.7 Å². The standard InChI is InChI=1S/C34H46BrN5O8/c1-21(30(45)37-24(32(47)48)11-12-25(41)36-16-18-40-27(43)13-14-28(40)44)15-17-39(7)31(46)29(33(2,3)4)38-26(42)20-34(5,6)22-9-8-10-23(35)19-22/h8-10,13-15,19,24,29H,11-12,16-18,20H2,1-7H3,(H,36,41)(H,37,45)(H,38,42)(H,47,48)/b21-15+/t24-,29?/m1/s1. The Labute approximate surface area is 289 Å². The van der Waals surface area contributed by atoms with Crippen LogP contribution in [0, 0.1) is 5.41 Å². The molecule has 0 fully saturated rings. The molecule has 14 heteroatoms. The van der Waals surface area contributed by atoms with Gasteiger partial charge in [-0.3, -0.25) is 33.7 Å². The molecule has 6 amide bonds. The number of carbonyl (C=O) groups is 7. The molecule has 0 aliphatic carbocycles. The number of carboxylic acids is 1. The first-order chi connectivity index (χ1) is 22.2. The van der Waals surface area contributed by atoms with Crippen molar-refractivity contribution < 1.29 is 38.7 Å². The molecule has 0 saturated carbocycles. The van der Waals surface area contributed by atoms with Gasteiger partial charge >= 0.3 is 5.97 Å². The normalized spacial score (nSPS) is 14.8. The van der Waals surface area contributed by atoms with Crippen molar-refractivity contribution in [2.24, 2.45) is 5.41 Å². The van der Waals surface area contributed by atoms with Crippen LogP contribution in [0.1, 0.15) is 66.4 Å². The van der Waals surface area contributed by atoms with Gasteiger partial charge in [-0.25, -0.2) is 4.79 Å². The van der Waals surface area contributed by atoms with Gasteiger partial charge in [0.2, 0.25) is 23.6 Å². The van der Waals surface area contributed by atoms with Crippen LogP contribution in [-0.2, 0) is 39.0 Å². The number of hydrogen-bond acceptors (Lipinski definition) is 7. The number of nitrogens with zero attached hydrogens (tertiary/aromatic N) is 2. The summed E-state index contributed by atoms with van der Waals surface area (Å²) in [6, 6.07) is 5.50. The Kier molecular flexibility index (Phi) is 14.3. The van der Waals surface area contributed by atoms with Crippen LogP contribution in [0.15, 0.2) is 52.5 Å². The van der Waals surface area contributed by atoms with Crippen molar-refractivity contribution >= 4 is 57.3 Å². The number of carbonyl (C=O) groups excluding carboxylic acids is 6. The quantitative estimate of drug-likeness (QED) is 0.148. The molecule has 1 aromatic rings. The second-order valence-electron chi connectivity index (χ2n) is 13.5. The molecule has 0 aromatic heterocycles. The van der Waals surface area contributed by atoms with Gasteiger partial charge in [-0.15, -0.1) is 0 Å². The lowest BCUT2D eigenvalue weighted by Crippen LogP contribution is -2.54. The van der Waals surface area contributed by atoms with Crippen LogP contribution in [0.5, 0.6) is 0 Å². The highest BCUT2D eigenvalue weighted by Gasteiger charge is 2.36. The highest BCUT2D eigenvalue weighted by Crippen LogP contribution is 2.30. The zero-order valence-electron chi connectivity index (χ0n) is 28.5. The molecule has 262 valence electrons. The number of benzene rings is 1. The lowest BCUT2D eigenvalue weighted by atomic mass is 9.80. The first-order valence-electron chi connectivity index (χ1n) is 15.5. The minimum absolute atomic E-state index is 0.000241. The number of hydrogen-bond donors (Lipinski definition) is 4. The van der Waals surface area contributed by atoms with Gasteiger partial charge in [0.05, 0.1) is 0 Å². The van der Waals surface area contributed by atoms with E-state index in [0.717, 1.165) is 27.1 Å². The highest BCUT2D eigenvalue weighted by molar-refractivity contribution is 9.10. The Bertz CT molecular complexity index is 1460. The number of aliphatic carboxylic acids is 1. The van der Waals surface area contributed by atoms with E-state index in [0.29, 0.717) is 0 Å². The molecule has 0 saturated heterocycles. The average Bonchev–Trinajstić information content (AvgIpc) is 3.31. The molecule has 4 N–H and O–H groups in total. The fraction of sp³-hybridized carbons (Fsp3) is 0.500. The number of imide groups is 1. The predicted octanol–water partition coefficient (Wildman–Crippen LogP) is 2.44. The van der Waals surface area contributed by atoms with Crippen molar-refractivity contribution in [1.82, 2.24) is 25.8 Å². The Morgan fingerprint density at radius 2 is 1.62 bits per heavy atom. The largest absolute Gasteiger partial charge is 0.480 e. The lowest BCUT2D eigenvalue weighted by molar-refractivity contribution is -0.142. The summed E-state index contributed by atoms with van der Waals surface area (Å²) >= 11 is 3.47. The monoisotopic (exact) mass is 731 g/mol. The summed E-state index contributed by atoms with van der Waals surface area (Å²) in [5.74, 6) is -4.11. The molecule has 48 heavy (non-hydrogen) atoms. The molecule has 2 rings (SSSR count). The van der Waals surface area contributed by atoms with Gasteiger partial charge in [-0.2, -0.15) is 0 Å². The third-order valence-corrected chi connectivity index (χ3v) is 8.35. The van der Waals surface area contributed by atoms with Crippen LogP contribution >= 0.6 is 15.9 Å². The minimum atomic E-state index is -1.36. The Balaban J connectivity index is 1.93. The SMILES string of the molecule is C/C(=C\CN(C)C(=O)C(NC(=O)CC(C)(C)c1cccc(Br)c1)C(C)(C)C)C(=O)N[C@H](CCC(=O)NCCN1C(=O)C=CC1=O)C(=O)O. The predicted molar refractivity (Wildman–Crippen MR) is 182 cm³/mol. The summed E-state index contributed by atoms with van der Waals surface area (Å²) in [6.07, 6.45) is 3.47. The van der Waals surface area contributed by atoms with Crippen molar-refractivity contribution in [1.29, 1.82) is 0 Å². The zero-order valence-corrected chi connectivity index (χ0v) is 30.1. The third kappa shape index (κ3) is 12.0. The fourth-order valence-electron chi connectivity index (χ4n) is 4.80. The smallest absolute Gasteiger partial charge is 0.326 e. The molecule has 1 aromatic carbocycles. The molecule has 1 aliphatic heterocycles. The first-order valence-corrected chi connectivity index (χ1v) is 16.3. The van der Waals surface area contributed by atoms with E-state index in [2.05, 4.69) is 31.9 Å². The van der Waals surface area contributed by atoms with E-state index in [1.165, 1.54) is 17.9 Å². The van der Waals surface area contributed by atoms with Gasteiger partial charge < -0.3 is 26.0 Å². The third-order valence-electron chi connectivity index (χ3n) is 7.85. The van der Waals surface area contributed by atoms with Crippen LogP contribution in [0.4, 0.5) is 0 Å². The number of halogens is 1. The molecule has 1 unspecified atom stereocenters.